The molecule has 7 heteroatoms. The molecule has 6 nitrogen and oxygen atoms in total. The van der Waals surface area contributed by atoms with Gasteiger partial charge in [-0.2, -0.15) is 0 Å². The van der Waals surface area contributed by atoms with E-state index >= 15 is 0 Å². The number of ether oxygens (including phenoxy) is 1. The van der Waals surface area contributed by atoms with Gasteiger partial charge in [0.05, 0.1) is 4.91 Å². The van der Waals surface area contributed by atoms with E-state index in [4.69, 9.17) is 9.84 Å². The molecule has 1 aromatic carbocycles. The van der Waals surface area contributed by atoms with E-state index in [1.807, 2.05) is 6.92 Å². The Balaban J connectivity index is 2.20. The molecule has 2 rings (SSSR count). The van der Waals surface area contributed by atoms with Crippen molar-refractivity contribution >= 4 is 35.0 Å². The van der Waals surface area contributed by atoms with Gasteiger partial charge in [0, 0.05) is 12.1 Å². The summed E-state index contributed by atoms with van der Waals surface area (Å²) in [7, 11) is 0. The highest BCUT2D eigenvalue weighted by atomic mass is 32.2. The van der Waals surface area contributed by atoms with Gasteiger partial charge in [0.1, 0.15) is 5.75 Å². The van der Waals surface area contributed by atoms with E-state index in [1.54, 1.807) is 30.3 Å². The van der Waals surface area contributed by atoms with Crippen LogP contribution in [0.1, 0.15) is 25.3 Å². The van der Waals surface area contributed by atoms with Crippen LogP contribution in [-0.4, -0.2) is 40.3 Å². The fraction of sp³-hybridized carbons (Fsp3) is 0.312. The maximum absolute atomic E-state index is 12.3. The molecule has 0 unspecified atom stereocenters. The van der Waals surface area contributed by atoms with Gasteiger partial charge in [-0.15, -0.1) is 0 Å². The summed E-state index contributed by atoms with van der Waals surface area (Å²) >= 11 is 0.887. The molecule has 1 N–H and O–H groups in total. The number of imide groups is 1. The third-order valence-corrected chi connectivity index (χ3v) is 4.07. The number of carbonyl (C=O) groups is 3. The summed E-state index contributed by atoms with van der Waals surface area (Å²) in [5.41, 5.74) is 0.565. The lowest BCUT2D eigenvalue weighted by Crippen LogP contribution is -2.29. The molecule has 1 aliphatic heterocycles. The highest BCUT2D eigenvalue weighted by Gasteiger charge is 2.34. The van der Waals surface area contributed by atoms with Crippen LogP contribution in [-0.2, 0) is 9.59 Å². The molecule has 1 fully saturated rings. The van der Waals surface area contributed by atoms with Crippen molar-refractivity contribution in [3.8, 4) is 5.75 Å². The number of thioether (sulfide) groups is 1. The molecule has 1 saturated heterocycles. The standard InChI is InChI=1S/C16H17NO5S/c1-2-3-8-17-15(20)13(23-16(17)21)9-11-6-4-5-7-12(11)22-10-14(18)19/h4-7,9H,2-3,8,10H2,1H3,(H,18,19). The number of aliphatic carboxylic acids is 1. The normalized spacial score (nSPS) is 16.2. The van der Waals surface area contributed by atoms with Crippen LogP contribution >= 0.6 is 11.8 Å². The number of nitrogens with zero attached hydrogens (tertiary/aromatic N) is 1. The van der Waals surface area contributed by atoms with Gasteiger partial charge in [-0.1, -0.05) is 31.5 Å². The summed E-state index contributed by atoms with van der Waals surface area (Å²) in [6, 6.07) is 6.79. The number of amides is 2. The van der Waals surface area contributed by atoms with E-state index in [9.17, 15) is 14.4 Å². The van der Waals surface area contributed by atoms with Crippen molar-refractivity contribution in [3.63, 3.8) is 0 Å². The molecule has 2 amide bonds. The lowest BCUT2D eigenvalue weighted by Gasteiger charge is -2.11. The van der Waals surface area contributed by atoms with Crippen molar-refractivity contribution in [2.75, 3.05) is 13.2 Å². The van der Waals surface area contributed by atoms with Crippen molar-refractivity contribution in [1.82, 2.24) is 4.90 Å². The highest BCUT2D eigenvalue weighted by Crippen LogP contribution is 2.34. The Bertz CT molecular complexity index is 656. The second-order valence-corrected chi connectivity index (χ2v) is 5.90. The number of hydrogen-bond acceptors (Lipinski definition) is 5. The largest absolute Gasteiger partial charge is 0.481 e. The number of rotatable bonds is 7. The molecular weight excluding hydrogens is 318 g/mol. The lowest BCUT2D eigenvalue weighted by atomic mass is 10.2. The topological polar surface area (TPSA) is 83.9 Å². The number of unbranched alkanes of at least 4 members (excludes halogenated alkanes) is 1. The van der Waals surface area contributed by atoms with Crippen LogP contribution in [0, 0.1) is 0 Å². The van der Waals surface area contributed by atoms with E-state index < -0.39 is 12.6 Å². The summed E-state index contributed by atoms with van der Waals surface area (Å²) in [5, 5.41) is 8.41. The second kappa shape index (κ2) is 7.82. The Morgan fingerprint density at radius 3 is 2.78 bits per heavy atom. The van der Waals surface area contributed by atoms with E-state index in [-0.39, 0.29) is 11.1 Å². The van der Waals surface area contributed by atoms with Crippen molar-refractivity contribution in [1.29, 1.82) is 0 Å². The van der Waals surface area contributed by atoms with Crippen LogP contribution in [0.25, 0.3) is 6.08 Å². The molecule has 0 aliphatic carbocycles. The Morgan fingerprint density at radius 1 is 1.35 bits per heavy atom. The smallest absolute Gasteiger partial charge is 0.341 e. The maximum Gasteiger partial charge on any atom is 0.341 e. The van der Waals surface area contributed by atoms with Crippen molar-refractivity contribution in [2.24, 2.45) is 0 Å². The molecule has 122 valence electrons. The summed E-state index contributed by atoms with van der Waals surface area (Å²) in [5.74, 6) is -1.04. The van der Waals surface area contributed by atoms with Gasteiger partial charge in [-0.3, -0.25) is 14.5 Å². The van der Waals surface area contributed by atoms with E-state index in [0.717, 1.165) is 24.6 Å². The van der Waals surface area contributed by atoms with Gasteiger partial charge in [-0.25, -0.2) is 4.79 Å². The van der Waals surface area contributed by atoms with Crippen LogP contribution in [0.2, 0.25) is 0 Å². The third kappa shape index (κ3) is 4.35. The number of para-hydroxylation sites is 1. The average molecular weight is 335 g/mol. The van der Waals surface area contributed by atoms with Crippen LogP contribution in [0.5, 0.6) is 5.75 Å². The zero-order valence-electron chi connectivity index (χ0n) is 12.7. The van der Waals surface area contributed by atoms with Crippen LogP contribution in [0.15, 0.2) is 29.2 Å². The summed E-state index contributed by atoms with van der Waals surface area (Å²) in [6.45, 7) is 1.93. The van der Waals surface area contributed by atoms with E-state index in [2.05, 4.69) is 0 Å². The Morgan fingerprint density at radius 2 is 2.09 bits per heavy atom. The van der Waals surface area contributed by atoms with Gasteiger partial charge in [0.25, 0.3) is 11.1 Å². The van der Waals surface area contributed by atoms with Gasteiger partial charge in [0.2, 0.25) is 0 Å². The first kappa shape index (κ1) is 17.1. The quantitative estimate of drug-likeness (QED) is 0.771. The Kier molecular flexibility index (Phi) is 5.81. The molecule has 1 aliphatic rings. The van der Waals surface area contributed by atoms with Crippen molar-refractivity contribution < 1.29 is 24.2 Å². The Labute approximate surface area is 138 Å². The molecule has 23 heavy (non-hydrogen) atoms. The van der Waals surface area contributed by atoms with Crippen LogP contribution in [0.4, 0.5) is 4.79 Å². The molecular formula is C16H17NO5S. The molecule has 0 spiro atoms. The molecule has 0 saturated carbocycles. The summed E-state index contributed by atoms with van der Waals surface area (Å²) in [4.78, 5) is 36.4. The first-order valence-electron chi connectivity index (χ1n) is 7.22. The fourth-order valence-corrected chi connectivity index (χ4v) is 2.88. The van der Waals surface area contributed by atoms with Gasteiger partial charge >= 0.3 is 5.97 Å². The maximum atomic E-state index is 12.3. The molecule has 0 atom stereocenters. The monoisotopic (exact) mass is 335 g/mol. The zero-order chi connectivity index (χ0) is 16.8. The van der Waals surface area contributed by atoms with Crippen LogP contribution < -0.4 is 4.74 Å². The molecule has 0 bridgehead atoms. The minimum absolute atomic E-state index is 0.279. The summed E-state index contributed by atoms with van der Waals surface area (Å²) < 4.78 is 5.20. The number of hydrogen-bond donors (Lipinski definition) is 1. The van der Waals surface area contributed by atoms with Gasteiger partial charge in [-0.05, 0) is 30.3 Å². The Hall–Kier alpha value is -2.28. The third-order valence-electron chi connectivity index (χ3n) is 3.17. The second-order valence-electron chi connectivity index (χ2n) is 4.91. The van der Waals surface area contributed by atoms with Crippen molar-refractivity contribution in [3.05, 3.63) is 34.7 Å². The van der Waals surface area contributed by atoms with Crippen LogP contribution in [0.3, 0.4) is 0 Å². The minimum atomic E-state index is -1.08. The predicted octanol–water partition coefficient (Wildman–Crippen LogP) is 2.99. The molecule has 0 radical (unpaired) electrons. The first-order chi connectivity index (χ1) is 11.0. The summed E-state index contributed by atoms with van der Waals surface area (Å²) in [6.07, 6.45) is 3.23. The minimum Gasteiger partial charge on any atom is -0.481 e. The lowest BCUT2D eigenvalue weighted by molar-refractivity contribution is -0.139. The average Bonchev–Trinajstić information content (AvgIpc) is 2.78. The van der Waals surface area contributed by atoms with Gasteiger partial charge < -0.3 is 9.84 Å². The predicted molar refractivity (Wildman–Crippen MR) is 87.2 cm³/mol. The molecule has 1 heterocycles. The number of carbonyl (C=O) groups excluding carboxylic acids is 2. The van der Waals surface area contributed by atoms with Gasteiger partial charge in [0.15, 0.2) is 6.61 Å². The number of carboxylic acids is 1. The zero-order valence-corrected chi connectivity index (χ0v) is 13.5. The fourth-order valence-electron chi connectivity index (χ4n) is 2.02. The molecule has 1 aromatic rings. The SMILES string of the molecule is CCCCN1C(=O)SC(=Cc2ccccc2OCC(=O)O)C1=O. The van der Waals surface area contributed by atoms with Crippen molar-refractivity contribution in [2.45, 2.75) is 19.8 Å². The number of carboxylic acid groups (broad SMARTS) is 1. The number of benzene rings is 1. The van der Waals surface area contributed by atoms with E-state index in [1.165, 1.54) is 4.90 Å². The highest BCUT2D eigenvalue weighted by molar-refractivity contribution is 8.18. The molecule has 0 aromatic heterocycles. The first-order valence-corrected chi connectivity index (χ1v) is 8.03. The van der Waals surface area contributed by atoms with E-state index in [0.29, 0.717) is 22.8 Å².